The molecule has 92 valence electrons. The Hall–Kier alpha value is -1.94. The van der Waals surface area contributed by atoms with Crippen LogP contribution in [0.2, 0.25) is 5.02 Å². The van der Waals surface area contributed by atoms with E-state index in [4.69, 9.17) is 16.3 Å². The molecule has 0 saturated heterocycles. The van der Waals surface area contributed by atoms with Gasteiger partial charge >= 0.3 is 0 Å². The van der Waals surface area contributed by atoms with Crippen molar-refractivity contribution in [3.8, 4) is 5.75 Å². The molecule has 0 unspecified atom stereocenters. The number of halogens is 2. The summed E-state index contributed by atoms with van der Waals surface area (Å²) in [5.41, 5.74) is 0.544. The van der Waals surface area contributed by atoms with Crippen molar-refractivity contribution in [3.63, 3.8) is 0 Å². The van der Waals surface area contributed by atoms with Crippen LogP contribution in [-0.2, 0) is 0 Å². The minimum absolute atomic E-state index is 0.180. The smallest absolute Gasteiger partial charge is 0.194 e. The summed E-state index contributed by atoms with van der Waals surface area (Å²) >= 11 is 5.86. The largest absolute Gasteiger partial charge is 0.495 e. The number of methoxy groups -OCH3 is 1. The van der Waals surface area contributed by atoms with Gasteiger partial charge in [0.2, 0.25) is 0 Å². The molecule has 0 aliphatic rings. The standard InChI is InChI=1S/C13H9ClFNO2/c1-18-12-5-8(2-3-11(12)14)13(17)9-4-10(15)7-16-6-9/h2-7H,1H3. The normalized spacial score (nSPS) is 10.2. The number of nitrogens with zero attached hydrogens (tertiary/aromatic N) is 1. The van der Waals surface area contributed by atoms with Gasteiger partial charge in [0.05, 0.1) is 18.3 Å². The van der Waals surface area contributed by atoms with E-state index in [0.29, 0.717) is 16.3 Å². The first-order valence-corrected chi connectivity index (χ1v) is 5.48. The highest BCUT2D eigenvalue weighted by molar-refractivity contribution is 6.32. The van der Waals surface area contributed by atoms with Crippen molar-refractivity contribution in [3.05, 3.63) is 58.6 Å². The van der Waals surface area contributed by atoms with E-state index in [-0.39, 0.29) is 11.3 Å². The Labute approximate surface area is 108 Å². The molecule has 2 rings (SSSR count). The molecule has 0 aliphatic heterocycles. The molecule has 1 aromatic carbocycles. The fraction of sp³-hybridized carbons (Fsp3) is 0.0769. The molecule has 0 fully saturated rings. The first kappa shape index (κ1) is 12.5. The maximum atomic E-state index is 13.0. The Bertz CT molecular complexity index is 601. The lowest BCUT2D eigenvalue weighted by Gasteiger charge is -2.05. The second-order valence-electron chi connectivity index (χ2n) is 3.57. The maximum absolute atomic E-state index is 13.0. The minimum Gasteiger partial charge on any atom is -0.495 e. The number of rotatable bonds is 3. The third kappa shape index (κ3) is 2.49. The highest BCUT2D eigenvalue weighted by Crippen LogP contribution is 2.26. The van der Waals surface area contributed by atoms with E-state index in [0.717, 1.165) is 12.3 Å². The summed E-state index contributed by atoms with van der Waals surface area (Å²) in [5.74, 6) is -0.495. The van der Waals surface area contributed by atoms with Crippen molar-refractivity contribution >= 4 is 17.4 Å². The number of ether oxygens (including phenoxy) is 1. The number of pyridine rings is 1. The number of carbonyl (C=O) groups is 1. The molecule has 2 aromatic rings. The van der Waals surface area contributed by atoms with Crippen molar-refractivity contribution in [1.29, 1.82) is 0 Å². The Morgan fingerprint density at radius 2 is 2.06 bits per heavy atom. The van der Waals surface area contributed by atoms with E-state index in [1.54, 1.807) is 12.1 Å². The monoisotopic (exact) mass is 265 g/mol. The topological polar surface area (TPSA) is 39.2 Å². The van der Waals surface area contributed by atoms with E-state index < -0.39 is 5.82 Å². The van der Waals surface area contributed by atoms with Gasteiger partial charge in [-0.25, -0.2) is 4.39 Å². The molecule has 5 heteroatoms. The Morgan fingerprint density at radius 1 is 1.28 bits per heavy atom. The van der Waals surface area contributed by atoms with Crippen LogP contribution in [0.1, 0.15) is 15.9 Å². The van der Waals surface area contributed by atoms with Crippen LogP contribution >= 0.6 is 11.6 Å². The van der Waals surface area contributed by atoms with Gasteiger partial charge < -0.3 is 4.74 Å². The van der Waals surface area contributed by atoms with E-state index >= 15 is 0 Å². The van der Waals surface area contributed by atoms with Crippen molar-refractivity contribution in [2.24, 2.45) is 0 Å². The van der Waals surface area contributed by atoms with Crippen molar-refractivity contribution < 1.29 is 13.9 Å². The fourth-order valence-electron chi connectivity index (χ4n) is 1.50. The summed E-state index contributed by atoms with van der Waals surface area (Å²) in [6.45, 7) is 0. The molecule has 0 aliphatic carbocycles. The fourth-order valence-corrected chi connectivity index (χ4v) is 1.70. The van der Waals surface area contributed by atoms with Gasteiger partial charge in [0.1, 0.15) is 11.6 Å². The summed E-state index contributed by atoms with van der Waals surface area (Å²) in [6.07, 6.45) is 2.35. The van der Waals surface area contributed by atoms with Gasteiger partial charge in [-0.2, -0.15) is 0 Å². The molecule has 0 radical (unpaired) electrons. The second-order valence-corrected chi connectivity index (χ2v) is 3.98. The van der Waals surface area contributed by atoms with Crippen LogP contribution in [0.4, 0.5) is 4.39 Å². The van der Waals surface area contributed by atoms with Crippen LogP contribution in [0.3, 0.4) is 0 Å². The number of aromatic nitrogens is 1. The predicted molar refractivity (Wildman–Crippen MR) is 65.6 cm³/mol. The van der Waals surface area contributed by atoms with Crippen LogP contribution in [0.15, 0.2) is 36.7 Å². The van der Waals surface area contributed by atoms with Crippen molar-refractivity contribution in [2.75, 3.05) is 7.11 Å². The molecule has 1 aromatic heterocycles. The van der Waals surface area contributed by atoms with E-state index in [1.165, 1.54) is 19.4 Å². The third-order valence-corrected chi connectivity index (χ3v) is 2.69. The van der Waals surface area contributed by atoms with Crippen molar-refractivity contribution in [2.45, 2.75) is 0 Å². The third-order valence-electron chi connectivity index (χ3n) is 2.38. The summed E-state index contributed by atoms with van der Waals surface area (Å²) < 4.78 is 18.0. The lowest BCUT2D eigenvalue weighted by molar-refractivity contribution is 0.103. The molecule has 0 N–H and O–H groups in total. The quantitative estimate of drug-likeness (QED) is 0.801. The predicted octanol–water partition coefficient (Wildman–Crippen LogP) is 3.11. The first-order chi connectivity index (χ1) is 8.61. The van der Waals surface area contributed by atoms with Crippen LogP contribution in [0, 0.1) is 5.82 Å². The van der Waals surface area contributed by atoms with Gasteiger partial charge in [0, 0.05) is 17.3 Å². The van der Waals surface area contributed by atoms with Gasteiger partial charge in [0.25, 0.3) is 0 Å². The lowest BCUT2D eigenvalue weighted by Crippen LogP contribution is -2.03. The van der Waals surface area contributed by atoms with E-state index in [2.05, 4.69) is 4.98 Å². The summed E-state index contributed by atoms with van der Waals surface area (Å²) in [7, 11) is 1.46. The first-order valence-electron chi connectivity index (χ1n) is 5.10. The minimum atomic E-state index is -0.554. The zero-order valence-corrected chi connectivity index (χ0v) is 10.2. The molecule has 18 heavy (non-hydrogen) atoms. The Balaban J connectivity index is 2.40. The highest BCUT2D eigenvalue weighted by Gasteiger charge is 2.12. The molecule has 0 spiro atoms. The van der Waals surface area contributed by atoms with Gasteiger partial charge in [-0.15, -0.1) is 0 Å². The van der Waals surface area contributed by atoms with E-state index in [9.17, 15) is 9.18 Å². The zero-order chi connectivity index (χ0) is 13.1. The van der Waals surface area contributed by atoms with Gasteiger partial charge in [0.15, 0.2) is 5.78 Å². The molecule has 0 amide bonds. The maximum Gasteiger partial charge on any atom is 0.194 e. The average molecular weight is 266 g/mol. The molecular weight excluding hydrogens is 257 g/mol. The second kappa shape index (κ2) is 5.14. The van der Waals surface area contributed by atoms with E-state index in [1.807, 2.05) is 0 Å². The molecule has 0 bridgehead atoms. The summed E-state index contributed by atoms with van der Waals surface area (Å²) in [5, 5.41) is 0.409. The van der Waals surface area contributed by atoms with Crippen LogP contribution < -0.4 is 4.74 Å². The Morgan fingerprint density at radius 3 is 2.72 bits per heavy atom. The molecule has 0 atom stereocenters. The average Bonchev–Trinajstić information content (AvgIpc) is 2.38. The Kier molecular flexibility index (Phi) is 3.58. The number of ketones is 1. The summed E-state index contributed by atoms with van der Waals surface area (Å²) in [6, 6.07) is 5.75. The SMILES string of the molecule is COc1cc(C(=O)c2cncc(F)c2)ccc1Cl. The molecular formula is C13H9ClFNO2. The zero-order valence-electron chi connectivity index (χ0n) is 9.48. The molecule has 1 heterocycles. The van der Waals surface area contributed by atoms with Crippen molar-refractivity contribution in [1.82, 2.24) is 4.98 Å². The molecule has 0 saturated carbocycles. The highest BCUT2D eigenvalue weighted by atomic mass is 35.5. The lowest BCUT2D eigenvalue weighted by atomic mass is 10.0. The molecule has 3 nitrogen and oxygen atoms in total. The van der Waals surface area contributed by atoms with Crippen LogP contribution in [0.25, 0.3) is 0 Å². The van der Waals surface area contributed by atoms with Gasteiger partial charge in [-0.05, 0) is 24.3 Å². The van der Waals surface area contributed by atoms with Gasteiger partial charge in [-0.3, -0.25) is 9.78 Å². The van der Waals surface area contributed by atoms with Crippen LogP contribution in [-0.4, -0.2) is 17.9 Å². The van der Waals surface area contributed by atoms with Crippen LogP contribution in [0.5, 0.6) is 5.75 Å². The number of hydrogen-bond acceptors (Lipinski definition) is 3. The number of benzene rings is 1. The van der Waals surface area contributed by atoms with Gasteiger partial charge in [-0.1, -0.05) is 11.6 Å². The number of carbonyl (C=O) groups excluding carboxylic acids is 1. The summed E-state index contributed by atoms with van der Waals surface area (Å²) in [4.78, 5) is 15.7. The number of hydrogen-bond donors (Lipinski definition) is 0.